The topological polar surface area (TPSA) is 68.7 Å². The average molecular weight is 324 g/mol. The molecule has 1 aromatic heterocycles. The number of aryl methyl sites for hydroxylation is 1. The number of benzene rings is 2. The third-order valence-corrected chi connectivity index (χ3v) is 4.16. The minimum atomic E-state index is -0.181. The average Bonchev–Trinajstić information content (AvgIpc) is 2.91. The quantitative estimate of drug-likeness (QED) is 0.747. The first-order valence-corrected chi connectivity index (χ1v) is 7.47. The van der Waals surface area contributed by atoms with E-state index in [0.29, 0.717) is 16.3 Å². The maximum Gasteiger partial charge on any atom is 0.267 e. The Morgan fingerprint density at radius 2 is 1.96 bits per heavy atom. The van der Waals surface area contributed by atoms with Gasteiger partial charge in [0.2, 0.25) is 0 Å². The zero-order valence-corrected chi connectivity index (χ0v) is 13.5. The summed E-state index contributed by atoms with van der Waals surface area (Å²) < 4.78 is 0. The second-order valence-corrected chi connectivity index (χ2v) is 5.71. The Labute approximate surface area is 138 Å². The lowest BCUT2D eigenvalue weighted by Gasteiger charge is -2.05. The first kappa shape index (κ1) is 15.1. The number of carbonyl (C=O) groups excluding carboxylic acids is 1. The van der Waals surface area contributed by atoms with E-state index in [2.05, 4.69) is 16.4 Å². The molecule has 1 heterocycles. The first-order valence-electron chi connectivity index (χ1n) is 7.09. The highest BCUT2D eigenvalue weighted by Crippen LogP contribution is 2.33. The molecule has 4 nitrogen and oxygen atoms in total. The van der Waals surface area contributed by atoms with Crippen molar-refractivity contribution < 1.29 is 4.79 Å². The molecule has 0 saturated heterocycles. The van der Waals surface area contributed by atoms with Crippen LogP contribution in [0.1, 0.15) is 21.6 Å². The molecule has 0 atom stereocenters. The number of rotatable bonds is 2. The molecular formula is C18H14ClN3O. The van der Waals surface area contributed by atoms with Crippen LogP contribution in [0.2, 0.25) is 5.02 Å². The fraction of sp³-hybridized carbons (Fsp3) is 0.111. The molecule has 0 fully saturated rings. The molecule has 0 saturated carbocycles. The molecule has 114 valence electrons. The van der Waals surface area contributed by atoms with Gasteiger partial charge in [0.25, 0.3) is 5.91 Å². The summed E-state index contributed by atoms with van der Waals surface area (Å²) in [5.41, 5.74) is 4.52. The van der Waals surface area contributed by atoms with E-state index < -0.39 is 0 Å². The molecule has 0 bridgehead atoms. The Bertz CT molecular complexity index is 949. The maximum absolute atomic E-state index is 12.0. The fourth-order valence-electron chi connectivity index (χ4n) is 2.70. The van der Waals surface area contributed by atoms with Gasteiger partial charge in [-0.05, 0) is 42.3 Å². The molecule has 5 heteroatoms. The molecule has 0 aliphatic rings. The van der Waals surface area contributed by atoms with Crippen molar-refractivity contribution in [3.8, 4) is 17.2 Å². The van der Waals surface area contributed by atoms with Crippen molar-refractivity contribution in [2.75, 3.05) is 7.05 Å². The lowest BCUT2D eigenvalue weighted by molar-refractivity contribution is 0.0958. The number of nitrogens with one attached hydrogen (secondary N) is 2. The highest BCUT2D eigenvalue weighted by molar-refractivity contribution is 6.30. The lowest BCUT2D eigenvalue weighted by Crippen LogP contribution is -2.19. The molecule has 3 rings (SSSR count). The second kappa shape index (κ2) is 5.79. The number of nitriles is 1. The number of hydrogen-bond donors (Lipinski definition) is 2. The fourth-order valence-corrected chi connectivity index (χ4v) is 2.83. The third-order valence-electron chi connectivity index (χ3n) is 3.91. The van der Waals surface area contributed by atoms with Crippen LogP contribution in [0.4, 0.5) is 0 Å². The molecule has 0 spiro atoms. The highest BCUT2D eigenvalue weighted by Gasteiger charge is 2.17. The zero-order chi connectivity index (χ0) is 16.6. The Hall–Kier alpha value is -2.77. The number of hydrogen-bond acceptors (Lipinski definition) is 2. The summed E-state index contributed by atoms with van der Waals surface area (Å²) in [6.07, 6.45) is 0. The Kier molecular flexibility index (Phi) is 3.81. The summed E-state index contributed by atoms with van der Waals surface area (Å²) in [7, 11) is 1.59. The minimum Gasteiger partial charge on any atom is -0.354 e. The van der Waals surface area contributed by atoms with Gasteiger partial charge >= 0.3 is 0 Å². The number of aromatic nitrogens is 1. The Morgan fingerprint density at radius 3 is 2.57 bits per heavy atom. The van der Waals surface area contributed by atoms with Gasteiger partial charge in [-0.2, -0.15) is 5.26 Å². The number of nitrogens with zero attached hydrogens (tertiary/aromatic N) is 1. The molecule has 3 aromatic rings. The van der Waals surface area contributed by atoms with Crippen molar-refractivity contribution in [2.45, 2.75) is 6.92 Å². The Morgan fingerprint density at radius 1 is 1.26 bits per heavy atom. The second-order valence-electron chi connectivity index (χ2n) is 5.27. The summed E-state index contributed by atoms with van der Waals surface area (Å²) >= 11 is 5.95. The van der Waals surface area contributed by atoms with Crippen LogP contribution in [-0.2, 0) is 0 Å². The van der Waals surface area contributed by atoms with Crippen LogP contribution in [0.15, 0.2) is 36.4 Å². The molecule has 2 aromatic carbocycles. The molecule has 23 heavy (non-hydrogen) atoms. The smallest absolute Gasteiger partial charge is 0.267 e. The predicted molar refractivity (Wildman–Crippen MR) is 91.6 cm³/mol. The van der Waals surface area contributed by atoms with E-state index in [0.717, 1.165) is 27.6 Å². The van der Waals surface area contributed by atoms with E-state index in [1.807, 2.05) is 25.1 Å². The van der Waals surface area contributed by atoms with Crippen molar-refractivity contribution >= 4 is 28.4 Å². The molecule has 2 N–H and O–H groups in total. The van der Waals surface area contributed by atoms with Crippen LogP contribution in [0, 0.1) is 18.3 Å². The van der Waals surface area contributed by atoms with Gasteiger partial charge in [-0.25, -0.2) is 0 Å². The summed E-state index contributed by atoms with van der Waals surface area (Å²) in [6.45, 7) is 1.87. The van der Waals surface area contributed by atoms with Crippen LogP contribution in [-0.4, -0.2) is 17.9 Å². The van der Waals surface area contributed by atoms with Crippen LogP contribution in [0.3, 0.4) is 0 Å². The number of H-pyrrole nitrogens is 1. The van der Waals surface area contributed by atoms with Crippen LogP contribution in [0.25, 0.3) is 22.0 Å². The van der Waals surface area contributed by atoms with Crippen molar-refractivity contribution in [2.24, 2.45) is 0 Å². The molecule has 1 amide bonds. The number of carbonyl (C=O) groups is 1. The summed E-state index contributed by atoms with van der Waals surface area (Å²) in [6, 6.07) is 13.2. The molecule has 0 aliphatic carbocycles. The van der Waals surface area contributed by atoms with Gasteiger partial charge in [-0.1, -0.05) is 23.7 Å². The maximum atomic E-state index is 12.0. The molecule has 0 radical (unpaired) electrons. The number of amides is 1. The van der Waals surface area contributed by atoms with E-state index in [1.54, 1.807) is 25.2 Å². The summed E-state index contributed by atoms with van der Waals surface area (Å²) in [5, 5.41) is 13.4. The van der Waals surface area contributed by atoms with Crippen molar-refractivity contribution in [1.82, 2.24) is 10.3 Å². The molecule has 0 unspecified atom stereocenters. The zero-order valence-electron chi connectivity index (χ0n) is 12.7. The number of aromatic amines is 1. The van der Waals surface area contributed by atoms with E-state index in [4.69, 9.17) is 11.6 Å². The van der Waals surface area contributed by atoms with E-state index in [-0.39, 0.29) is 5.91 Å². The van der Waals surface area contributed by atoms with E-state index in [1.165, 1.54) is 0 Å². The van der Waals surface area contributed by atoms with Gasteiger partial charge in [0.1, 0.15) is 5.69 Å². The van der Waals surface area contributed by atoms with Gasteiger partial charge in [-0.3, -0.25) is 4.79 Å². The van der Waals surface area contributed by atoms with Crippen LogP contribution in [0.5, 0.6) is 0 Å². The minimum absolute atomic E-state index is 0.181. The van der Waals surface area contributed by atoms with E-state index >= 15 is 0 Å². The number of fused-ring (bicyclic) bond motifs is 1. The third kappa shape index (κ3) is 2.56. The van der Waals surface area contributed by atoms with Crippen molar-refractivity contribution in [1.29, 1.82) is 5.26 Å². The van der Waals surface area contributed by atoms with Crippen molar-refractivity contribution in [3.63, 3.8) is 0 Å². The largest absolute Gasteiger partial charge is 0.354 e. The first-order chi connectivity index (χ1) is 11.0. The normalized spacial score (nSPS) is 10.5. The van der Waals surface area contributed by atoms with Gasteiger partial charge in [0.15, 0.2) is 0 Å². The standard InChI is InChI=1S/C18H14ClN3O/c1-10-14-7-11(9-20)8-15(12-3-5-13(19)6-4-12)17(14)22-16(10)18(23)21-2/h3-8,22H,1-2H3,(H,21,23). The highest BCUT2D eigenvalue weighted by atomic mass is 35.5. The van der Waals surface area contributed by atoms with Gasteiger partial charge < -0.3 is 10.3 Å². The summed E-state index contributed by atoms with van der Waals surface area (Å²) in [4.78, 5) is 15.2. The van der Waals surface area contributed by atoms with Crippen molar-refractivity contribution in [3.05, 3.63) is 58.2 Å². The van der Waals surface area contributed by atoms with E-state index in [9.17, 15) is 10.1 Å². The Balaban J connectivity index is 2.34. The predicted octanol–water partition coefficient (Wildman–Crippen LogP) is 4.03. The molecule has 0 aliphatic heterocycles. The molecular weight excluding hydrogens is 310 g/mol. The van der Waals surface area contributed by atoms with Gasteiger partial charge in [0.05, 0.1) is 17.1 Å². The van der Waals surface area contributed by atoms with Gasteiger partial charge in [0, 0.05) is 23.0 Å². The summed E-state index contributed by atoms with van der Waals surface area (Å²) in [5.74, 6) is -0.181. The SMILES string of the molecule is CNC(=O)c1[nH]c2c(-c3ccc(Cl)cc3)cc(C#N)cc2c1C. The monoisotopic (exact) mass is 323 g/mol. The lowest BCUT2D eigenvalue weighted by atomic mass is 9.99. The van der Waals surface area contributed by atoms with Crippen LogP contribution < -0.4 is 5.32 Å². The van der Waals surface area contributed by atoms with Gasteiger partial charge in [-0.15, -0.1) is 0 Å². The number of halogens is 1. The van der Waals surface area contributed by atoms with Crippen LogP contribution >= 0.6 is 11.6 Å².